The predicted molar refractivity (Wildman–Crippen MR) is 46.2 cm³/mol. The van der Waals surface area contributed by atoms with Gasteiger partial charge in [-0.25, -0.2) is 4.98 Å². The van der Waals surface area contributed by atoms with Crippen molar-refractivity contribution in [2.75, 3.05) is 7.11 Å². The largest absolute Gasteiger partial charge is 0.480 e. The summed E-state index contributed by atoms with van der Waals surface area (Å²) >= 11 is 5.29. The minimum absolute atomic E-state index is 0.220. The van der Waals surface area contributed by atoms with Gasteiger partial charge in [0.2, 0.25) is 5.88 Å². The topological polar surface area (TPSA) is 39.2 Å². The number of halogens is 4. The Kier molecular flexibility index (Phi) is 3.18. The molecular formula is C8H5ClF3NO2. The first-order chi connectivity index (χ1) is 6.90. The highest BCUT2D eigenvalue weighted by molar-refractivity contribution is 6.30. The molecule has 0 saturated heterocycles. The number of carbonyl (C=O) groups is 1. The number of carbonyl (C=O) groups excluding carboxylic acids is 1. The third-order valence-corrected chi connectivity index (χ3v) is 1.88. The van der Waals surface area contributed by atoms with E-state index in [-0.39, 0.29) is 17.7 Å². The number of rotatable bonds is 2. The summed E-state index contributed by atoms with van der Waals surface area (Å²) in [7, 11) is 1.18. The molecule has 1 aromatic heterocycles. The monoisotopic (exact) mass is 239 g/mol. The Hall–Kier alpha value is -1.30. The molecule has 0 spiro atoms. The molecule has 0 aromatic carbocycles. The highest BCUT2D eigenvalue weighted by Crippen LogP contribution is 2.35. The Morgan fingerprint density at radius 2 is 2.13 bits per heavy atom. The van der Waals surface area contributed by atoms with E-state index in [1.807, 2.05) is 0 Å². The Bertz CT molecular complexity index is 392. The van der Waals surface area contributed by atoms with Crippen molar-refractivity contribution in [2.24, 2.45) is 0 Å². The van der Waals surface area contributed by atoms with E-state index in [0.29, 0.717) is 6.07 Å². The number of ether oxygens (including phenoxy) is 1. The van der Waals surface area contributed by atoms with Crippen molar-refractivity contribution in [1.29, 1.82) is 0 Å². The SMILES string of the molecule is COc1nc(Cl)c(C(F)(F)F)cc1C=O. The van der Waals surface area contributed by atoms with E-state index in [1.165, 1.54) is 7.11 Å². The van der Waals surface area contributed by atoms with Gasteiger partial charge in [0.1, 0.15) is 5.15 Å². The van der Waals surface area contributed by atoms with Crippen LogP contribution in [0.4, 0.5) is 13.2 Å². The van der Waals surface area contributed by atoms with Gasteiger partial charge in [0.15, 0.2) is 6.29 Å². The van der Waals surface area contributed by atoms with Crippen LogP contribution in [0.2, 0.25) is 5.15 Å². The first-order valence-electron chi connectivity index (χ1n) is 3.67. The average molecular weight is 240 g/mol. The van der Waals surface area contributed by atoms with Crippen LogP contribution >= 0.6 is 11.6 Å². The van der Waals surface area contributed by atoms with Crippen LogP contribution in [-0.4, -0.2) is 18.4 Å². The predicted octanol–water partition coefficient (Wildman–Crippen LogP) is 2.57. The van der Waals surface area contributed by atoms with Crippen LogP contribution in [0.15, 0.2) is 6.07 Å². The molecule has 82 valence electrons. The van der Waals surface area contributed by atoms with E-state index in [9.17, 15) is 18.0 Å². The molecule has 0 fully saturated rings. The summed E-state index contributed by atoms with van der Waals surface area (Å²) in [6, 6.07) is 0.598. The summed E-state index contributed by atoms with van der Waals surface area (Å²) in [4.78, 5) is 13.8. The second kappa shape index (κ2) is 4.06. The number of aldehydes is 1. The highest BCUT2D eigenvalue weighted by Gasteiger charge is 2.35. The van der Waals surface area contributed by atoms with Crippen molar-refractivity contribution < 1.29 is 22.7 Å². The van der Waals surface area contributed by atoms with Gasteiger partial charge in [-0.05, 0) is 6.07 Å². The third kappa shape index (κ3) is 2.38. The lowest BCUT2D eigenvalue weighted by molar-refractivity contribution is -0.137. The molecule has 0 aliphatic carbocycles. The molecule has 1 rings (SSSR count). The molecule has 1 heterocycles. The Morgan fingerprint density at radius 3 is 2.53 bits per heavy atom. The number of hydrogen-bond acceptors (Lipinski definition) is 3. The molecule has 0 atom stereocenters. The van der Waals surface area contributed by atoms with Crippen LogP contribution in [0.3, 0.4) is 0 Å². The van der Waals surface area contributed by atoms with E-state index in [0.717, 1.165) is 0 Å². The van der Waals surface area contributed by atoms with Crippen molar-refractivity contribution >= 4 is 17.9 Å². The number of alkyl halides is 3. The quantitative estimate of drug-likeness (QED) is 0.588. The summed E-state index contributed by atoms with van der Waals surface area (Å²) in [5.74, 6) is -0.233. The van der Waals surface area contributed by atoms with E-state index >= 15 is 0 Å². The van der Waals surface area contributed by atoms with Crippen LogP contribution in [0, 0.1) is 0 Å². The number of nitrogens with zero attached hydrogens (tertiary/aromatic N) is 1. The normalized spacial score (nSPS) is 11.3. The lowest BCUT2D eigenvalue weighted by atomic mass is 10.2. The molecule has 1 aromatic rings. The third-order valence-electron chi connectivity index (χ3n) is 1.59. The van der Waals surface area contributed by atoms with Crippen LogP contribution in [0.1, 0.15) is 15.9 Å². The zero-order valence-corrected chi connectivity index (χ0v) is 8.19. The van der Waals surface area contributed by atoms with Crippen molar-refractivity contribution in [3.63, 3.8) is 0 Å². The number of methoxy groups -OCH3 is 1. The smallest absolute Gasteiger partial charge is 0.419 e. The van der Waals surface area contributed by atoms with E-state index in [4.69, 9.17) is 11.6 Å². The molecule has 7 heteroatoms. The maximum atomic E-state index is 12.3. The first-order valence-corrected chi connectivity index (χ1v) is 4.05. The molecule has 0 saturated carbocycles. The van der Waals surface area contributed by atoms with E-state index in [2.05, 4.69) is 9.72 Å². The molecule has 0 amide bonds. The fourth-order valence-corrected chi connectivity index (χ4v) is 1.18. The standard InChI is InChI=1S/C8H5ClF3NO2/c1-15-7-4(3-14)2-5(6(9)13-7)8(10,11)12/h2-3H,1H3. The summed E-state index contributed by atoms with van der Waals surface area (Å²) in [5.41, 5.74) is -1.46. The average Bonchev–Trinajstić information content (AvgIpc) is 2.15. The first kappa shape index (κ1) is 11.8. The Morgan fingerprint density at radius 1 is 1.53 bits per heavy atom. The lowest BCUT2D eigenvalue weighted by Crippen LogP contribution is -2.09. The number of aromatic nitrogens is 1. The lowest BCUT2D eigenvalue weighted by Gasteiger charge is -2.10. The molecule has 0 unspecified atom stereocenters. The van der Waals surface area contributed by atoms with Gasteiger partial charge >= 0.3 is 6.18 Å². The zero-order valence-electron chi connectivity index (χ0n) is 7.43. The minimum atomic E-state index is -4.64. The van der Waals surface area contributed by atoms with Crippen LogP contribution in [0.5, 0.6) is 5.88 Å². The molecule has 0 aliphatic rings. The van der Waals surface area contributed by atoms with Crippen LogP contribution in [0.25, 0.3) is 0 Å². The van der Waals surface area contributed by atoms with Gasteiger partial charge in [0, 0.05) is 0 Å². The number of pyridine rings is 1. The zero-order chi connectivity index (χ0) is 11.6. The van der Waals surface area contributed by atoms with E-state index in [1.54, 1.807) is 0 Å². The Balaban J connectivity index is 3.39. The minimum Gasteiger partial charge on any atom is -0.480 e. The summed E-state index contributed by atoms with van der Waals surface area (Å²) in [6.07, 6.45) is -4.43. The van der Waals surface area contributed by atoms with Gasteiger partial charge < -0.3 is 4.74 Å². The second-order valence-electron chi connectivity index (χ2n) is 2.54. The molecular weight excluding hydrogens is 235 g/mol. The van der Waals surface area contributed by atoms with Crippen molar-refractivity contribution in [2.45, 2.75) is 6.18 Å². The summed E-state index contributed by atoms with van der Waals surface area (Å²) < 4.78 is 41.5. The highest BCUT2D eigenvalue weighted by atomic mass is 35.5. The fourth-order valence-electron chi connectivity index (χ4n) is 0.937. The fraction of sp³-hybridized carbons (Fsp3) is 0.250. The Labute approximate surface area is 87.8 Å². The van der Waals surface area contributed by atoms with Gasteiger partial charge in [-0.1, -0.05) is 11.6 Å². The molecule has 15 heavy (non-hydrogen) atoms. The summed E-state index contributed by atoms with van der Waals surface area (Å²) in [5, 5.41) is -0.745. The summed E-state index contributed by atoms with van der Waals surface area (Å²) in [6.45, 7) is 0. The number of hydrogen-bond donors (Lipinski definition) is 0. The van der Waals surface area contributed by atoms with Gasteiger partial charge in [0.05, 0.1) is 18.2 Å². The maximum Gasteiger partial charge on any atom is 0.419 e. The maximum absolute atomic E-state index is 12.3. The molecule has 0 N–H and O–H groups in total. The van der Waals surface area contributed by atoms with Crippen molar-refractivity contribution in [1.82, 2.24) is 4.98 Å². The molecule has 3 nitrogen and oxygen atoms in total. The van der Waals surface area contributed by atoms with Crippen LogP contribution < -0.4 is 4.74 Å². The van der Waals surface area contributed by atoms with Gasteiger partial charge in [-0.15, -0.1) is 0 Å². The van der Waals surface area contributed by atoms with Gasteiger partial charge in [0.25, 0.3) is 0 Å². The molecule has 0 bridgehead atoms. The molecule has 0 aliphatic heterocycles. The van der Waals surface area contributed by atoms with Gasteiger partial charge in [-0.2, -0.15) is 13.2 Å². The van der Waals surface area contributed by atoms with Crippen LogP contribution in [-0.2, 0) is 6.18 Å². The van der Waals surface area contributed by atoms with E-state index < -0.39 is 16.9 Å². The van der Waals surface area contributed by atoms with Gasteiger partial charge in [-0.3, -0.25) is 4.79 Å². The van der Waals surface area contributed by atoms with Crippen molar-refractivity contribution in [3.05, 3.63) is 22.3 Å². The second-order valence-corrected chi connectivity index (χ2v) is 2.90. The molecule has 0 radical (unpaired) electrons. The van der Waals surface area contributed by atoms with Crippen molar-refractivity contribution in [3.8, 4) is 5.88 Å².